The third-order valence-corrected chi connectivity index (χ3v) is 11.9. The molecule has 2 unspecified atom stereocenters. The maximum Gasteiger partial charge on any atom is 0.220 e. The monoisotopic (exact) mass is 800 g/mol. The quantitative estimate of drug-likeness (QED) is 0.0424. The average Bonchev–Trinajstić information content (AvgIpc) is 3.22. The molecule has 0 aliphatic carbocycles. The topological polar surface area (TPSA) is 69.6 Å². The van der Waals surface area contributed by atoms with E-state index < -0.39 is 12.1 Å². The summed E-state index contributed by atoms with van der Waals surface area (Å²) in [6.45, 7) is 4.29. The molecule has 4 heteroatoms. The lowest BCUT2D eigenvalue weighted by molar-refractivity contribution is -0.123. The van der Waals surface area contributed by atoms with Crippen LogP contribution >= 0.6 is 0 Å². The molecule has 0 aromatic heterocycles. The van der Waals surface area contributed by atoms with Crippen LogP contribution in [0.15, 0.2) is 36.5 Å². The summed E-state index contributed by atoms with van der Waals surface area (Å²) in [5.74, 6) is -0.0760. The Balaban J connectivity index is 3.47. The minimum Gasteiger partial charge on any atom is -0.394 e. The molecule has 0 bridgehead atoms. The molecule has 0 aromatic carbocycles. The van der Waals surface area contributed by atoms with Gasteiger partial charge in [0.25, 0.3) is 0 Å². The number of rotatable bonds is 47. The van der Waals surface area contributed by atoms with Crippen LogP contribution in [0.1, 0.15) is 277 Å². The first-order valence-corrected chi connectivity index (χ1v) is 25.7. The number of carbonyl (C=O) groups excluding carboxylic acids is 1. The van der Waals surface area contributed by atoms with Gasteiger partial charge in [-0.2, -0.15) is 0 Å². The van der Waals surface area contributed by atoms with Crippen LogP contribution in [0.5, 0.6) is 0 Å². The number of nitrogens with one attached hydrogen (secondary N) is 1. The molecule has 0 fully saturated rings. The fourth-order valence-corrected chi connectivity index (χ4v) is 7.92. The first-order chi connectivity index (χ1) is 28.2. The summed E-state index contributed by atoms with van der Waals surface area (Å²) < 4.78 is 0. The number of hydrogen-bond acceptors (Lipinski definition) is 3. The zero-order chi connectivity index (χ0) is 41.4. The molecular formula is C53H101NO3. The van der Waals surface area contributed by atoms with Crippen molar-refractivity contribution < 1.29 is 15.0 Å². The molecule has 3 N–H and O–H groups in total. The molecule has 0 saturated carbocycles. The Labute approximate surface area is 357 Å². The molecule has 0 spiro atoms. The van der Waals surface area contributed by atoms with E-state index in [9.17, 15) is 15.0 Å². The molecule has 4 nitrogen and oxygen atoms in total. The Bertz CT molecular complexity index is 866. The minimum absolute atomic E-state index is 0.0760. The second kappa shape index (κ2) is 49.0. The van der Waals surface area contributed by atoms with Gasteiger partial charge in [-0.3, -0.25) is 4.79 Å². The Morgan fingerprint density at radius 3 is 1.09 bits per heavy atom. The molecule has 336 valence electrons. The predicted molar refractivity (Wildman–Crippen MR) is 253 cm³/mol. The smallest absolute Gasteiger partial charge is 0.220 e. The summed E-state index contributed by atoms with van der Waals surface area (Å²) in [4.78, 5) is 12.4. The number of aliphatic hydroxyl groups excluding tert-OH is 2. The highest BCUT2D eigenvalue weighted by molar-refractivity contribution is 5.76. The van der Waals surface area contributed by atoms with Crippen molar-refractivity contribution in [2.75, 3.05) is 6.61 Å². The van der Waals surface area contributed by atoms with Gasteiger partial charge in [-0.1, -0.05) is 256 Å². The van der Waals surface area contributed by atoms with E-state index in [2.05, 4.69) is 43.5 Å². The summed E-state index contributed by atoms with van der Waals surface area (Å²) >= 11 is 0. The van der Waals surface area contributed by atoms with Crippen LogP contribution in [-0.2, 0) is 4.79 Å². The Kier molecular flexibility index (Phi) is 47.8. The molecule has 0 saturated heterocycles. The van der Waals surface area contributed by atoms with Crippen LogP contribution < -0.4 is 5.32 Å². The lowest BCUT2D eigenvalue weighted by Gasteiger charge is -2.20. The van der Waals surface area contributed by atoms with Gasteiger partial charge in [-0.05, 0) is 51.4 Å². The van der Waals surface area contributed by atoms with Gasteiger partial charge in [-0.25, -0.2) is 0 Å². The first kappa shape index (κ1) is 55.6. The standard InChI is InChI=1S/C53H101NO3/c1-3-5-7-9-11-13-15-17-19-20-21-22-23-24-25-26-27-28-29-30-31-32-33-35-36-38-40-42-44-46-48-52(56)51(50-55)54-53(57)49-47-45-43-41-39-37-34-18-16-14-12-10-8-6-4-2/h12,14,18,34,46,48,51-52,55-56H,3-11,13,15-17,19-33,35-45,47,49-50H2,1-2H3,(H,54,57)/b14-12-,34-18-,48-46+. The second-order valence-electron chi connectivity index (χ2n) is 17.6. The average molecular weight is 800 g/mol. The summed E-state index contributed by atoms with van der Waals surface area (Å²) in [5.41, 5.74) is 0. The van der Waals surface area contributed by atoms with Gasteiger partial charge in [0.1, 0.15) is 0 Å². The van der Waals surface area contributed by atoms with E-state index in [1.54, 1.807) is 6.08 Å². The fraction of sp³-hybridized carbons (Fsp3) is 0.868. The minimum atomic E-state index is -0.845. The summed E-state index contributed by atoms with van der Waals surface area (Å²) in [5, 5.41) is 23.1. The van der Waals surface area contributed by atoms with E-state index in [-0.39, 0.29) is 12.5 Å². The van der Waals surface area contributed by atoms with Crippen molar-refractivity contribution in [1.82, 2.24) is 5.32 Å². The molecular weight excluding hydrogens is 699 g/mol. The Morgan fingerprint density at radius 2 is 0.719 bits per heavy atom. The Morgan fingerprint density at radius 1 is 0.421 bits per heavy atom. The second-order valence-corrected chi connectivity index (χ2v) is 17.6. The number of unbranched alkanes of at least 4 members (excludes halogenated alkanes) is 36. The molecule has 0 heterocycles. The lowest BCUT2D eigenvalue weighted by Crippen LogP contribution is -2.45. The molecule has 0 aliphatic heterocycles. The van der Waals surface area contributed by atoms with E-state index in [1.165, 1.54) is 212 Å². The van der Waals surface area contributed by atoms with E-state index >= 15 is 0 Å². The van der Waals surface area contributed by atoms with E-state index in [4.69, 9.17) is 0 Å². The van der Waals surface area contributed by atoms with Gasteiger partial charge in [0.2, 0.25) is 5.91 Å². The van der Waals surface area contributed by atoms with Crippen molar-refractivity contribution in [3.05, 3.63) is 36.5 Å². The van der Waals surface area contributed by atoms with Crippen LogP contribution in [0.4, 0.5) is 0 Å². The van der Waals surface area contributed by atoms with Crippen LogP contribution in [0.2, 0.25) is 0 Å². The molecule has 57 heavy (non-hydrogen) atoms. The number of amides is 1. The lowest BCUT2D eigenvalue weighted by atomic mass is 10.0. The first-order valence-electron chi connectivity index (χ1n) is 25.7. The highest BCUT2D eigenvalue weighted by Gasteiger charge is 2.18. The molecule has 0 aromatic rings. The van der Waals surface area contributed by atoms with E-state index in [0.717, 1.165) is 44.9 Å². The zero-order valence-corrected chi connectivity index (χ0v) is 38.6. The predicted octanol–water partition coefficient (Wildman–Crippen LogP) is 16.5. The summed E-state index contributed by atoms with van der Waals surface area (Å²) in [6, 6.07) is -0.629. The van der Waals surface area contributed by atoms with Gasteiger partial charge in [0.05, 0.1) is 18.8 Å². The number of allylic oxidation sites excluding steroid dienone is 5. The highest BCUT2D eigenvalue weighted by Crippen LogP contribution is 2.17. The summed E-state index contributed by atoms with van der Waals surface area (Å²) in [7, 11) is 0. The van der Waals surface area contributed by atoms with E-state index in [0.29, 0.717) is 6.42 Å². The number of hydrogen-bond donors (Lipinski definition) is 3. The maximum atomic E-state index is 12.4. The Hall–Kier alpha value is -1.39. The number of aliphatic hydroxyl groups is 2. The van der Waals surface area contributed by atoms with Crippen LogP contribution in [-0.4, -0.2) is 34.9 Å². The number of carbonyl (C=O) groups is 1. The zero-order valence-electron chi connectivity index (χ0n) is 38.6. The van der Waals surface area contributed by atoms with Gasteiger partial charge < -0.3 is 15.5 Å². The third kappa shape index (κ3) is 45.5. The fourth-order valence-electron chi connectivity index (χ4n) is 7.92. The van der Waals surface area contributed by atoms with Crippen molar-refractivity contribution in [3.8, 4) is 0 Å². The van der Waals surface area contributed by atoms with Crippen LogP contribution in [0.3, 0.4) is 0 Å². The van der Waals surface area contributed by atoms with Gasteiger partial charge in [0, 0.05) is 6.42 Å². The molecule has 0 aliphatic rings. The maximum absolute atomic E-state index is 12.4. The van der Waals surface area contributed by atoms with Crippen molar-refractivity contribution in [1.29, 1.82) is 0 Å². The van der Waals surface area contributed by atoms with E-state index in [1.807, 2.05) is 6.08 Å². The van der Waals surface area contributed by atoms with Crippen LogP contribution in [0, 0.1) is 0 Å². The molecule has 2 atom stereocenters. The molecule has 0 rings (SSSR count). The van der Waals surface area contributed by atoms with Gasteiger partial charge in [0.15, 0.2) is 0 Å². The highest BCUT2D eigenvalue weighted by atomic mass is 16.3. The molecule has 0 radical (unpaired) electrons. The van der Waals surface area contributed by atoms with Crippen molar-refractivity contribution >= 4 is 5.91 Å². The van der Waals surface area contributed by atoms with Gasteiger partial charge >= 0.3 is 0 Å². The van der Waals surface area contributed by atoms with Crippen molar-refractivity contribution in [3.63, 3.8) is 0 Å². The van der Waals surface area contributed by atoms with Crippen LogP contribution in [0.25, 0.3) is 0 Å². The van der Waals surface area contributed by atoms with Crippen molar-refractivity contribution in [2.45, 2.75) is 289 Å². The summed E-state index contributed by atoms with van der Waals surface area (Å²) in [6.07, 6.45) is 65.8. The SMILES string of the molecule is CCCCC/C=C\C/C=C\CCCCCCCC(=O)NC(CO)C(O)/C=C/CCCCCCCCCCCCCCCCCCCCCCCCCCCCCC. The largest absolute Gasteiger partial charge is 0.394 e. The third-order valence-electron chi connectivity index (χ3n) is 11.9. The molecule has 1 amide bonds. The van der Waals surface area contributed by atoms with Crippen molar-refractivity contribution in [2.24, 2.45) is 0 Å². The normalized spacial score (nSPS) is 13.1. The van der Waals surface area contributed by atoms with Gasteiger partial charge in [-0.15, -0.1) is 0 Å².